The number of carboxylic acid groups (broad SMARTS) is 1. The van der Waals surface area contributed by atoms with Crippen molar-refractivity contribution in [2.24, 2.45) is 0 Å². The van der Waals surface area contributed by atoms with Crippen LogP contribution >= 0.6 is 0 Å². The minimum atomic E-state index is -0.992. The number of carbonyl (C=O) groups is 1. The Morgan fingerprint density at radius 3 is 2.43 bits per heavy atom. The SMILES string of the molecule is CCCOc1ccccc1OCc1ccc(C(=O)O)cn1. The van der Waals surface area contributed by atoms with E-state index >= 15 is 0 Å². The number of hydrogen-bond acceptors (Lipinski definition) is 4. The molecular formula is C16H17NO4. The first-order valence-corrected chi connectivity index (χ1v) is 6.73. The van der Waals surface area contributed by atoms with E-state index in [0.717, 1.165) is 6.42 Å². The molecule has 0 saturated carbocycles. The molecule has 0 spiro atoms. The number of para-hydroxylation sites is 2. The molecule has 2 rings (SSSR count). The van der Waals surface area contributed by atoms with E-state index in [-0.39, 0.29) is 12.2 Å². The van der Waals surface area contributed by atoms with E-state index in [9.17, 15) is 4.79 Å². The van der Waals surface area contributed by atoms with Crippen LogP contribution in [0.1, 0.15) is 29.4 Å². The molecule has 0 unspecified atom stereocenters. The number of aromatic carboxylic acids is 1. The summed E-state index contributed by atoms with van der Waals surface area (Å²) in [6.45, 7) is 2.93. The zero-order chi connectivity index (χ0) is 15.1. The molecule has 0 fully saturated rings. The van der Waals surface area contributed by atoms with Crippen LogP contribution < -0.4 is 9.47 Å². The fourth-order valence-corrected chi connectivity index (χ4v) is 1.69. The second-order valence-electron chi connectivity index (χ2n) is 4.43. The Morgan fingerprint density at radius 1 is 1.14 bits per heavy atom. The summed E-state index contributed by atoms with van der Waals surface area (Å²) >= 11 is 0. The molecule has 0 radical (unpaired) electrons. The maximum Gasteiger partial charge on any atom is 0.337 e. The molecule has 21 heavy (non-hydrogen) atoms. The lowest BCUT2D eigenvalue weighted by molar-refractivity contribution is 0.0696. The standard InChI is InChI=1S/C16H17NO4/c1-2-9-20-14-5-3-4-6-15(14)21-11-13-8-7-12(10-17-13)16(18)19/h3-8,10H,2,9,11H2,1H3,(H,18,19). The molecule has 1 aromatic heterocycles. The van der Waals surface area contributed by atoms with Crippen LogP contribution in [0.5, 0.6) is 11.5 Å². The molecule has 0 aliphatic heterocycles. The molecule has 110 valence electrons. The third kappa shape index (κ3) is 4.21. The fourth-order valence-electron chi connectivity index (χ4n) is 1.69. The van der Waals surface area contributed by atoms with Gasteiger partial charge in [0.2, 0.25) is 0 Å². The van der Waals surface area contributed by atoms with E-state index in [1.807, 2.05) is 31.2 Å². The first kappa shape index (κ1) is 14.8. The average Bonchev–Trinajstić information content (AvgIpc) is 2.52. The second kappa shape index (κ2) is 7.28. The molecule has 0 atom stereocenters. The molecule has 5 nitrogen and oxygen atoms in total. The number of hydrogen-bond donors (Lipinski definition) is 1. The van der Waals surface area contributed by atoms with Gasteiger partial charge in [-0.2, -0.15) is 0 Å². The van der Waals surface area contributed by atoms with Crippen molar-refractivity contribution in [3.63, 3.8) is 0 Å². The number of pyridine rings is 1. The summed E-state index contributed by atoms with van der Waals surface area (Å²) in [7, 11) is 0. The summed E-state index contributed by atoms with van der Waals surface area (Å²) in [5, 5.41) is 8.81. The summed E-state index contributed by atoms with van der Waals surface area (Å²) in [4.78, 5) is 14.8. The van der Waals surface area contributed by atoms with Crippen molar-refractivity contribution in [3.8, 4) is 11.5 Å². The Balaban J connectivity index is 2.00. The van der Waals surface area contributed by atoms with Crippen molar-refractivity contribution in [2.75, 3.05) is 6.61 Å². The summed E-state index contributed by atoms with van der Waals surface area (Å²) in [5.74, 6) is 0.352. The van der Waals surface area contributed by atoms with E-state index < -0.39 is 5.97 Å². The van der Waals surface area contributed by atoms with Crippen LogP contribution in [0.3, 0.4) is 0 Å². The topological polar surface area (TPSA) is 68.7 Å². The molecular weight excluding hydrogens is 270 g/mol. The highest BCUT2D eigenvalue weighted by Crippen LogP contribution is 2.27. The molecule has 1 aromatic carbocycles. The van der Waals surface area contributed by atoms with Crippen LogP contribution in [0, 0.1) is 0 Å². The van der Waals surface area contributed by atoms with E-state index in [1.54, 1.807) is 6.07 Å². The van der Waals surface area contributed by atoms with Crippen molar-refractivity contribution in [3.05, 3.63) is 53.9 Å². The van der Waals surface area contributed by atoms with Crippen molar-refractivity contribution >= 4 is 5.97 Å². The van der Waals surface area contributed by atoms with Crippen LogP contribution in [0.25, 0.3) is 0 Å². The lowest BCUT2D eigenvalue weighted by Crippen LogP contribution is -2.03. The normalized spacial score (nSPS) is 10.1. The monoisotopic (exact) mass is 287 g/mol. The summed E-state index contributed by atoms with van der Waals surface area (Å²) < 4.78 is 11.3. The fraction of sp³-hybridized carbons (Fsp3) is 0.250. The highest BCUT2D eigenvalue weighted by Gasteiger charge is 2.06. The van der Waals surface area contributed by atoms with E-state index in [1.165, 1.54) is 12.3 Å². The Bertz CT molecular complexity index is 595. The molecule has 0 aliphatic carbocycles. The summed E-state index contributed by atoms with van der Waals surface area (Å²) in [5.41, 5.74) is 0.815. The Morgan fingerprint density at radius 2 is 1.86 bits per heavy atom. The average molecular weight is 287 g/mol. The maximum absolute atomic E-state index is 10.7. The quantitative estimate of drug-likeness (QED) is 0.847. The van der Waals surface area contributed by atoms with Crippen LogP contribution in [-0.2, 0) is 6.61 Å². The number of nitrogens with zero attached hydrogens (tertiary/aromatic N) is 1. The van der Waals surface area contributed by atoms with Crippen molar-refractivity contribution in [1.29, 1.82) is 0 Å². The van der Waals surface area contributed by atoms with Gasteiger partial charge in [-0.1, -0.05) is 19.1 Å². The van der Waals surface area contributed by atoms with E-state index in [2.05, 4.69) is 4.98 Å². The van der Waals surface area contributed by atoms with Crippen molar-refractivity contribution in [1.82, 2.24) is 4.98 Å². The second-order valence-corrected chi connectivity index (χ2v) is 4.43. The molecule has 2 aromatic rings. The lowest BCUT2D eigenvalue weighted by atomic mass is 10.2. The Hall–Kier alpha value is -2.56. The number of carboxylic acids is 1. The third-order valence-electron chi connectivity index (χ3n) is 2.76. The molecule has 1 N–H and O–H groups in total. The Labute approximate surface area is 123 Å². The predicted molar refractivity (Wildman–Crippen MR) is 77.8 cm³/mol. The molecule has 5 heteroatoms. The smallest absolute Gasteiger partial charge is 0.337 e. The summed E-state index contributed by atoms with van der Waals surface area (Å²) in [6, 6.07) is 10.6. The van der Waals surface area contributed by atoms with Gasteiger partial charge in [-0.05, 0) is 30.7 Å². The van der Waals surface area contributed by atoms with Crippen LogP contribution in [-0.4, -0.2) is 22.7 Å². The minimum absolute atomic E-state index is 0.158. The van der Waals surface area contributed by atoms with Gasteiger partial charge in [0.05, 0.1) is 17.9 Å². The molecule has 0 bridgehead atoms. The zero-order valence-electron chi connectivity index (χ0n) is 11.8. The highest BCUT2D eigenvalue weighted by atomic mass is 16.5. The van der Waals surface area contributed by atoms with Gasteiger partial charge in [0.1, 0.15) is 6.61 Å². The largest absolute Gasteiger partial charge is 0.490 e. The van der Waals surface area contributed by atoms with Gasteiger partial charge < -0.3 is 14.6 Å². The van der Waals surface area contributed by atoms with Gasteiger partial charge in [-0.3, -0.25) is 4.98 Å². The number of ether oxygens (including phenoxy) is 2. The number of benzene rings is 1. The van der Waals surface area contributed by atoms with E-state index in [4.69, 9.17) is 14.6 Å². The molecule has 0 amide bonds. The van der Waals surface area contributed by atoms with E-state index in [0.29, 0.717) is 23.8 Å². The zero-order valence-corrected chi connectivity index (χ0v) is 11.8. The first-order chi connectivity index (χ1) is 10.2. The molecule has 0 saturated heterocycles. The molecule has 0 aliphatic rings. The van der Waals surface area contributed by atoms with Gasteiger partial charge >= 0.3 is 5.97 Å². The van der Waals surface area contributed by atoms with Crippen LogP contribution in [0.4, 0.5) is 0 Å². The highest BCUT2D eigenvalue weighted by molar-refractivity contribution is 5.87. The predicted octanol–water partition coefficient (Wildman–Crippen LogP) is 3.15. The van der Waals surface area contributed by atoms with Gasteiger partial charge in [-0.15, -0.1) is 0 Å². The maximum atomic E-state index is 10.7. The number of aromatic nitrogens is 1. The van der Waals surface area contributed by atoms with Crippen molar-refractivity contribution in [2.45, 2.75) is 20.0 Å². The van der Waals surface area contributed by atoms with Gasteiger partial charge in [0.15, 0.2) is 11.5 Å². The van der Waals surface area contributed by atoms with Gasteiger partial charge in [0.25, 0.3) is 0 Å². The summed E-state index contributed by atoms with van der Waals surface area (Å²) in [6.07, 6.45) is 2.24. The van der Waals surface area contributed by atoms with Gasteiger partial charge in [0, 0.05) is 6.20 Å². The van der Waals surface area contributed by atoms with Gasteiger partial charge in [-0.25, -0.2) is 4.79 Å². The number of rotatable bonds is 7. The minimum Gasteiger partial charge on any atom is -0.490 e. The molecule has 1 heterocycles. The Kier molecular flexibility index (Phi) is 5.15. The first-order valence-electron chi connectivity index (χ1n) is 6.73. The van der Waals surface area contributed by atoms with Crippen LogP contribution in [0.15, 0.2) is 42.6 Å². The lowest BCUT2D eigenvalue weighted by Gasteiger charge is -2.11. The van der Waals surface area contributed by atoms with Crippen molar-refractivity contribution < 1.29 is 19.4 Å². The van der Waals surface area contributed by atoms with Crippen LogP contribution in [0.2, 0.25) is 0 Å². The third-order valence-corrected chi connectivity index (χ3v) is 2.76.